The normalized spacial score (nSPS) is 12.0. The van der Waals surface area contributed by atoms with Crippen LogP contribution in [0.4, 0.5) is 4.79 Å². The lowest BCUT2D eigenvalue weighted by molar-refractivity contribution is 0.0329. The smallest absolute Gasteiger partial charge is 0.419 e. The zero-order chi connectivity index (χ0) is 37.7. The summed E-state index contributed by atoms with van der Waals surface area (Å²) in [5, 5.41) is 20.4. The number of rotatable bonds is 13. The minimum absolute atomic E-state index is 0.0829. The summed E-state index contributed by atoms with van der Waals surface area (Å²) in [6.07, 6.45) is 3.17. The zero-order valence-electron chi connectivity index (χ0n) is 30.3. The molecule has 0 amide bonds. The summed E-state index contributed by atoms with van der Waals surface area (Å²) in [5.41, 5.74) is 3.51. The molecule has 52 heavy (non-hydrogen) atoms. The van der Waals surface area contributed by atoms with Gasteiger partial charge in [-0.1, -0.05) is 97.4 Å². The molecule has 0 aliphatic rings. The van der Waals surface area contributed by atoms with Crippen LogP contribution in [0.3, 0.4) is 0 Å². The number of fused-ring (bicyclic) bond motifs is 1. The average molecular weight is 781 g/mol. The quantitative estimate of drug-likeness (QED) is 0.0865. The van der Waals surface area contributed by atoms with E-state index in [0.29, 0.717) is 53.0 Å². The average Bonchev–Trinajstić information content (AvgIpc) is 3.53. The maximum Gasteiger partial charge on any atom is 0.419 e. The third-order valence-electron chi connectivity index (χ3n) is 7.95. The Kier molecular flexibility index (Phi) is 14.8. The fourth-order valence-electron chi connectivity index (χ4n) is 5.64. The monoisotopic (exact) mass is 779 g/mol. The van der Waals surface area contributed by atoms with Gasteiger partial charge in [0.25, 0.3) is 0 Å². The second-order valence-corrected chi connectivity index (χ2v) is 15.2. The molecule has 1 atom stereocenters. The van der Waals surface area contributed by atoms with E-state index in [1.54, 1.807) is 36.5 Å². The Balaban J connectivity index is 0.00000297. The molecule has 0 saturated heterocycles. The first-order valence-corrected chi connectivity index (χ1v) is 19.0. The largest absolute Gasteiger partial charge is 0.496 e. The van der Waals surface area contributed by atoms with E-state index in [9.17, 15) is 15.3 Å². The summed E-state index contributed by atoms with van der Waals surface area (Å²) in [6.45, 7) is 10.6. The van der Waals surface area contributed by atoms with Crippen molar-refractivity contribution in [1.29, 1.82) is 10.5 Å². The summed E-state index contributed by atoms with van der Waals surface area (Å²) >= 11 is 3.53. The van der Waals surface area contributed by atoms with Gasteiger partial charge in [0.2, 0.25) is 0 Å². The number of aromatic nitrogens is 1. The van der Waals surface area contributed by atoms with Gasteiger partial charge >= 0.3 is 6.09 Å². The molecular weight excluding hydrogens is 737 g/mol. The van der Waals surface area contributed by atoms with Gasteiger partial charge in [-0.25, -0.2) is 4.79 Å². The molecule has 268 valence electrons. The van der Waals surface area contributed by atoms with Crippen molar-refractivity contribution in [2.24, 2.45) is 0 Å². The summed E-state index contributed by atoms with van der Waals surface area (Å²) in [5.74, 6) is 0.511. The topological polar surface area (TPSA) is 107 Å². The maximum absolute atomic E-state index is 13.9. The SMILES string of the molecule is CC.COc1ccc(C#N)cc1/C=C(\C#N)c1cn(C(=O)OC(C)(C)CC(C)P(OCc2ccccc2)OCc2ccccc2)c2ccc(Br)cc12. The molecule has 10 heteroatoms. The molecule has 5 aromatic rings. The number of benzene rings is 4. The van der Waals surface area contributed by atoms with E-state index in [1.165, 1.54) is 11.7 Å². The van der Waals surface area contributed by atoms with Crippen molar-refractivity contribution in [3.8, 4) is 17.9 Å². The first-order valence-electron chi connectivity index (χ1n) is 17.0. The van der Waals surface area contributed by atoms with Gasteiger partial charge < -0.3 is 18.5 Å². The van der Waals surface area contributed by atoms with Crippen molar-refractivity contribution in [2.75, 3.05) is 7.11 Å². The standard InChI is InChI=1S/C40H37BrN3O5P.C2H6/c1-28(50(47-26-29-11-7-5-8-12-29)48-27-30-13-9-6-10-14-30)22-40(2,3)49-39(45)44-25-36(35-21-34(41)16-17-37(35)44)33(24-43)20-32-19-31(23-42)15-18-38(32)46-4;1-2/h5-21,25,28H,22,26-27H2,1-4H3;1-2H3/b33-20+;. The predicted octanol–water partition coefficient (Wildman–Crippen LogP) is 11.7. The molecule has 0 N–H and O–H groups in total. The van der Waals surface area contributed by atoms with E-state index < -0.39 is 20.1 Å². The van der Waals surface area contributed by atoms with E-state index >= 15 is 0 Å². The number of allylic oxidation sites excluding steroid dienone is 1. The third kappa shape index (κ3) is 10.6. The van der Waals surface area contributed by atoms with E-state index in [0.717, 1.165) is 15.6 Å². The highest BCUT2D eigenvalue weighted by atomic mass is 79.9. The molecule has 1 heterocycles. The number of methoxy groups -OCH3 is 1. The molecule has 5 rings (SSSR count). The fraction of sp³-hybridized carbons (Fsp3) is 0.262. The Morgan fingerprint density at radius 3 is 2.10 bits per heavy atom. The summed E-state index contributed by atoms with van der Waals surface area (Å²) in [7, 11) is 0.167. The van der Waals surface area contributed by atoms with Gasteiger partial charge in [-0.3, -0.25) is 4.57 Å². The Bertz CT molecular complexity index is 2020. The van der Waals surface area contributed by atoms with Crippen LogP contribution < -0.4 is 4.74 Å². The van der Waals surface area contributed by atoms with Crippen LogP contribution in [0.5, 0.6) is 5.75 Å². The van der Waals surface area contributed by atoms with Crippen LogP contribution in [-0.2, 0) is 27.0 Å². The second-order valence-electron chi connectivity index (χ2n) is 12.3. The highest BCUT2D eigenvalue weighted by molar-refractivity contribution is 9.10. The Labute approximate surface area is 316 Å². The van der Waals surface area contributed by atoms with Gasteiger partial charge in [-0.05, 0) is 73.9 Å². The van der Waals surface area contributed by atoms with E-state index in [-0.39, 0.29) is 11.2 Å². The highest BCUT2D eigenvalue weighted by Crippen LogP contribution is 2.48. The molecule has 0 aliphatic heterocycles. The highest BCUT2D eigenvalue weighted by Gasteiger charge is 2.32. The van der Waals surface area contributed by atoms with Crippen LogP contribution in [-0.4, -0.2) is 29.0 Å². The van der Waals surface area contributed by atoms with Crippen molar-refractivity contribution >= 4 is 53.0 Å². The summed E-state index contributed by atoms with van der Waals surface area (Å²) in [4.78, 5) is 13.9. The van der Waals surface area contributed by atoms with Crippen LogP contribution in [0.1, 0.15) is 68.9 Å². The Morgan fingerprint density at radius 2 is 1.54 bits per heavy atom. The first-order chi connectivity index (χ1) is 25.1. The van der Waals surface area contributed by atoms with Crippen LogP contribution in [0, 0.1) is 22.7 Å². The number of hydrogen-bond donors (Lipinski definition) is 0. The number of carbonyl (C=O) groups excluding carboxylic acids is 1. The lowest BCUT2D eigenvalue weighted by Gasteiger charge is -2.31. The summed E-state index contributed by atoms with van der Waals surface area (Å²) in [6, 6.07) is 34.8. The number of hydrogen-bond acceptors (Lipinski definition) is 7. The van der Waals surface area contributed by atoms with Crippen LogP contribution in [0.2, 0.25) is 0 Å². The van der Waals surface area contributed by atoms with E-state index in [2.05, 4.69) is 35.0 Å². The van der Waals surface area contributed by atoms with Crippen molar-refractivity contribution in [2.45, 2.75) is 65.5 Å². The number of carbonyl (C=O) groups is 1. The fourth-order valence-corrected chi connectivity index (χ4v) is 7.73. The van der Waals surface area contributed by atoms with Gasteiger partial charge in [0, 0.05) is 32.8 Å². The van der Waals surface area contributed by atoms with Crippen LogP contribution >= 0.6 is 24.3 Å². The van der Waals surface area contributed by atoms with Crippen molar-refractivity contribution in [3.05, 3.63) is 136 Å². The van der Waals surface area contributed by atoms with Crippen molar-refractivity contribution in [1.82, 2.24) is 4.57 Å². The molecule has 0 bridgehead atoms. The minimum Gasteiger partial charge on any atom is -0.496 e. The lowest BCUT2D eigenvalue weighted by Crippen LogP contribution is -2.33. The van der Waals surface area contributed by atoms with Gasteiger partial charge in [0.15, 0.2) is 8.38 Å². The number of nitrogens with zero attached hydrogens (tertiary/aromatic N) is 3. The molecule has 1 aromatic heterocycles. The van der Waals surface area contributed by atoms with Gasteiger partial charge in [0.05, 0.1) is 49.1 Å². The second kappa shape index (κ2) is 19.2. The molecule has 0 saturated carbocycles. The molecule has 0 fully saturated rings. The minimum atomic E-state index is -1.36. The van der Waals surface area contributed by atoms with Crippen molar-refractivity contribution in [3.63, 3.8) is 0 Å². The molecule has 4 aromatic carbocycles. The maximum atomic E-state index is 13.9. The number of halogens is 1. The van der Waals surface area contributed by atoms with Crippen molar-refractivity contribution < 1.29 is 23.3 Å². The molecular formula is C42H43BrN3O5P. The summed E-state index contributed by atoms with van der Waals surface area (Å²) < 4.78 is 26.6. The molecule has 1 unspecified atom stereocenters. The zero-order valence-corrected chi connectivity index (χ0v) is 32.8. The molecule has 0 radical (unpaired) electrons. The van der Waals surface area contributed by atoms with Gasteiger partial charge in [0.1, 0.15) is 11.4 Å². The van der Waals surface area contributed by atoms with Crippen LogP contribution in [0.15, 0.2) is 108 Å². The van der Waals surface area contributed by atoms with E-state index in [4.69, 9.17) is 18.5 Å². The Morgan fingerprint density at radius 1 is 0.923 bits per heavy atom. The molecule has 8 nitrogen and oxygen atoms in total. The molecule has 0 aliphatic carbocycles. The molecule has 0 spiro atoms. The lowest BCUT2D eigenvalue weighted by atomic mass is 10.0. The number of nitriles is 2. The first kappa shape index (κ1) is 40.0. The Hall–Kier alpha value is -4.76. The van der Waals surface area contributed by atoms with E-state index in [1.807, 2.05) is 100 Å². The number of ether oxygens (including phenoxy) is 2. The van der Waals surface area contributed by atoms with Gasteiger partial charge in [-0.15, -0.1) is 0 Å². The van der Waals surface area contributed by atoms with Crippen LogP contribution in [0.25, 0.3) is 22.6 Å². The van der Waals surface area contributed by atoms with Gasteiger partial charge in [-0.2, -0.15) is 10.5 Å². The third-order valence-corrected chi connectivity index (χ3v) is 10.1. The predicted molar refractivity (Wildman–Crippen MR) is 212 cm³/mol.